The fourth-order valence-corrected chi connectivity index (χ4v) is 3.39. The SMILES string of the molecule is O=C(c1ccccc1)N1CCCN(C(=O)C2CCCCN2)CC1. The van der Waals surface area contributed by atoms with Crippen LogP contribution in [0.1, 0.15) is 36.0 Å². The van der Waals surface area contributed by atoms with Gasteiger partial charge in [-0.25, -0.2) is 0 Å². The van der Waals surface area contributed by atoms with Gasteiger partial charge in [-0.1, -0.05) is 24.6 Å². The maximum absolute atomic E-state index is 12.6. The number of carbonyl (C=O) groups excluding carboxylic acids is 2. The highest BCUT2D eigenvalue weighted by Gasteiger charge is 2.28. The van der Waals surface area contributed by atoms with Gasteiger partial charge in [0.05, 0.1) is 6.04 Å². The number of benzene rings is 1. The van der Waals surface area contributed by atoms with Crippen molar-refractivity contribution in [1.29, 1.82) is 0 Å². The van der Waals surface area contributed by atoms with Crippen molar-refractivity contribution in [2.45, 2.75) is 31.7 Å². The molecule has 1 atom stereocenters. The summed E-state index contributed by atoms with van der Waals surface area (Å²) < 4.78 is 0. The van der Waals surface area contributed by atoms with Crippen molar-refractivity contribution >= 4 is 11.8 Å². The minimum Gasteiger partial charge on any atom is -0.340 e. The Labute approximate surface area is 137 Å². The van der Waals surface area contributed by atoms with Gasteiger partial charge in [0.15, 0.2) is 0 Å². The fourth-order valence-electron chi connectivity index (χ4n) is 3.39. The molecule has 124 valence electrons. The molecule has 5 heteroatoms. The number of nitrogens with one attached hydrogen (secondary N) is 1. The van der Waals surface area contributed by atoms with Crippen molar-refractivity contribution in [1.82, 2.24) is 15.1 Å². The summed E-state index contributed by atoms with van der Waals surface area (Å²) >= 11 is 0. The first-order valence-electron chi connectivity index (χ1n) is 8.62. The molecule has 1 aromatic carbocycles. The van der Waals surface area contributed by atoms with Crippen LogP contribution in [0.2, 0.25) is 0 Å². The second kappa shape index (κ2) is 7.59. The second-order valence-corrected chi connectivity index (χ2v) is 6.34. The normalized spacial score (nSPS) is 22.5. The van der Waals surface area contributed by atoms with E-state index in [0.29, 0.717) is 13.1 Å². The molecule has 2 aliphatic rings. The van der Waals surface area contributed by atoms with Crippen LogP contribution in [0.25, 0.3) is 0 Å². The lowest BCUT2D eigenvalue weighted by atomic mass is 10.0. The number of piperidine rings is 1. The smallest absolute Gasteiger partial charge is 0.253 e. The molecule has 2 fully saturated rings. The number of hydrogen-bond acceptors (Lipinski definition) is 3. The first kappa shape index (κ1) is 16.0. The van der Waals surface area contributed by atoms with E-state index < -0.39 is 0 Å². The Bertz CT molecular complexity index is 540. The highest BCUT2D eigenvalue weighted by atomic mass is 16.2. The predicted molar refractivity (Wildman–Crippen MR) is 89.2 cm³/mol. The van der Waals surface area contributed by atoms with Crippen LogP contribution in [0.5, 0.6) is 0 Å². The summed E-state index contributed by atoms with van der Waals surface area (Å²) in [5, 5.41) is 3.32. The summed E-state index contributed by atoms with van der Waals surface area (Å²) in [6.45, 7) is 3.65. The van der Waals surface area contributed by atoms with Gasteiger partial charge < -0.3 is 15.1 Å². The lowest BCUT2D eigenvalue weighted by molar-refractivity contribution is -0.133. The van der Waals surface area contributed by atoms with Gasteiger partial charge in [0.2, 0.25) is 5.91 Å². The van der Waals surface area contributed by atoms with E-state index in [1.807, 2.05) is 40.1 Å². The molecule has 1 N–H and O–H groups in total. The van der Waals surface area contributed by atoms with Gasteiger partial charge >= 0.3 is 0 Å². The zero-order valence-electron chi connectivity index (χ0n) is 13.5. The van der Waals surface area contributed by atoms with Crippen LogP contribution < -0.4 is 5.32 Å². The summed E-state index contributed by atoms with van der Waals surface area (Å²) in [4.78, 5) is 29.0. The van der Waals surface area contributed by atoms with Crippen molar-refractivity contribution in [2.24, 2.45) is 0 Å². The maximum atomic E-state index is 12.6. The summed E-state index contributed by atoms with van der Waals surface area (Å²) in [7, 11) is 0. The zero-order chi connectivity index (χ0) is 16.1. The van der Waals surface area contributed by atoms with Gasteiger partial charge in [-0.2, -0.15) is 0 Å². The highest BCUT2D eigenvalue weighted by Crippen LogP contribution is 2.13. The topological polar surface area (TPSA) is 52.7 Å². The molecule has 0 aromatic heterocycles. The molecule has 0 radical (unpaired) electrons. The third-order valence-electron chi connectivity index (χ3n) is 4.72. The molecule has 5 nitrogen and oxygen atoms in total. The van der Waals surface area contributed by atoms with E-state index in [9.17, 15) is 9.59 Å². The Morgan fingerprint density at radius 1 is 0.913 bits per heavy atom. The van der Waals surface area contributed by atoms with Crippen molar-refractivity contribution in [3.63, 3.8) is 0 Å². The highest BCUT2D eigenvalue weighted by molar-refractivity contribution is 5.94. The average molecular weight is 315 g/mol. The van der Waals surface area contributed by atoms with E-state index in [-0.39, 0.29) is 17.9 Å². The monoisotopic (exact) mass is 315 g/mol. The van der Waals surface area contributed by atoms with Gasteiger partial charge in [0.1, 0.15) is 0 Å². The predicted octanol–water partition coefficient (Wildman–Crippen LogP) is 1.50. The van der Waals surface area contributed by atoms with Crippen molar-refractivity contribution in [2.75, 3.05) is 32.7 Å². The van der Waals surface area contributed by atoms with Crippen molar-refractivity contribution < 1.29 is 9.59 Å². The van der Waals surface area contributed by atoms with E-state index in [0.717, 1.165) is 50.9 Å². The molecule has 1 aromatic rings. The fraction of sp³-hybridized carbons (Fsp3) is 0.556. The average Bonchev–Trinajstić information content (AvgIpc) is 2.88. The molecule has 1 unspecified atom stereocenters. The molecule has 0 saturated carbocycles. The van der Waals surface area contributed by atoms with E-state index in [1.165, 1.54) is 0 Å². The van der Waals surface area contributed by atoms with Gasteiger partial charge in [-0.05, 0) is 37.9 Å². The summed E-state index contributed by atoms with van der Waals surface area (Å²) in [6.07, 6.45) is 4.05. The Morgan fingerprint density at radius 2 is 1.65 bits per heavy atom. The van der Waals surface area contributed by atoms with Gasteiger partial charge in [-0.3, -0.25) is 9.59 Å². The molecule has 2 saturated heterocycles. The number of amides is 2. The van der Waals surface area contributed by atoms with Gasteiger partial charge in [0, 0.05) is 31.7 Å². The number of carbonyl (C=O) groups is 2. The quantitative estimate of drug-likeness (QED) is 0.900. The van der Waals surface area contributed by atoms with E-state index in [2.05, 4.69) is 5.32 Å². The maximum Gasteiger partial charge on any atom is 0.253 e. The number of rotatable bonds is 2. The molecule has 0 spiro atoms. The lowest BCUT2D eigenvalue weighted by Crippen LogP contribution is -2.49. The first-order chi connectivity index (χ1) is 11.3. The Hall–Kier alpha value is -1.88. The molecule has 2 amide bonds. The lowest BCUT2D eigenvalue weighted by Gasteiger charge is -2.29. The molecule has 23 heavy (non-hydrogen) atoms. The van der Waals surface area contributed by atoms with E-state index >= 15 is 0 Å². The summed E-state index contributed by atoms with van der Waals surface area (Å²) in [5.74, 6) is 0.273. The Balaban J connectivity index is 1.58. The van der Waals surface area contributed by atoms with Gasteiger partial charge in [0.25, 0.3) is 5.91 Å². The van der Waals surface area contributed by atoms with Crippen LogP contribution in [0.3, 0.4) is 0 Å². The zero-order valence-corrected chi connectivity index (χ0v) is 13.5. The molecule has 2 heterocycles. The largest absolute Gasteiger partial charge is 0.340 e. The van der Waals surface area contributed by atoms with Crippen molar-refractivity contribution in [3.8, 4) is 0 Å². The molecule has 0 aliphatic carbocycles. The second-order valence-electron chi connectivity index (χ2n) is 6.34. The number of nitrogens with zero attached hydrogens (tertiary/aromatic N) is 2. The number of hydrogen-bond donors (Lipinski definition) is 1. The molecular formula is C18H25N3O2. The van der Waals surface area contributed by atoms with Crippen LogP contribution in [0.15, 0.2) is 30.3 Å². The first-order valence-corrected chi connectivity index (χ1v) is 8.62. The third kappa shape index (κ3) is 3.91. The Morgan fingerprint density at radius 3 is 2.39 bits per heavy atom. The van der Waals surface area contributed by atoms with E-state index in [1.54, 1.807) is 0 Å². The third-order valence-corrected chi connectivity index (χ3v) is 4.72. The molecule has 3 rings (SSSR count). The standard InChI is InChI=1S/C18H25N3O2/c22-17(15-7-2-1-3-8-15)20-11-6-12-21(14-13-20)18(23)16-9-4-5-10-19-16/h1-3,7-8,16,19H,4-6,9-14H2. The van der Waals surface area contributed by atoms with Crippen LogP contribution in [0.4, 0.5) is 0 Å². The van der Waals surface area contributed by atoms with Crippen LogP contribution >= 0.6 is 0 Å². The summed E-state index contributed by atoms with van der Waals surface area (Å²) in [5.41, 5.74) is 0.723. The molecule has 2 aliphatic heterocycles. The van der Waals surface area contributed by atoms with Crippen LogP contribution in [0, 0.1) is 0 Å². The van der Waals surface area contributed by atoms with Crippen molar-refractivity contribution in [3.05, 3.63) is 35.9 Å². The minimum absolute atomic E-state index is 0.0277. The molecular weight excluding hydrogens is 290 g/mol. The minimum atomic E-state index is -0.0277. The molecule has 0 bridgehead atoms. The van der Waals surface area contributed by atoms with Gasteiger partial charge in [-0.15, -0.1) is 0 Å². The Kier molecular flexibility index (Phi) is 5.28. The van der Waals surface area contributed by atoms with Crippen LogP contribution in [-0.2, 0) is 4.79 Å². The van der Waals surface area contributed by atoms with E-state index in [4.69, 9.17) is 0 Å². The summed E-state index contributed by atoms with van der Waals surface area (Å²) in [6, 6.07) is 9.35. The van der Waals surface area contributed by atoms with Crippen LogP contribution in [-0.4, -0.2) is 60.4 Å².